The van der Waals surface area contributed by atoms with Gasteiger partial charge in [0, 0.05) is 11.8 Å². The van der Waals surface area contributed by atoms with Crippen LogP contribution in [0.15, 0.2) is 12.5 Å². The Morgan fingerprint density at radius 3 is 2.04 bits per heavy atom. The number of carbonyl (C=O) groups excluding carboxylic acids is 1. The number of rotatable bonds is 8. The molecule has 0 aliphatic carbocycles. The first-order valence-corrected chi connectivity index (χ1v) is 6.54. The van der Waals surface area contributed by atoms with Crippen LogP contribution in [0.25, 0.3) is 0 Å². The van der Waals surface area contributed by atoms with Gasteiger partial charge in [-0.2, -0.15) is 0 Å². The van der Waals surface area contributed by atoms with Crippen molar-refractivity contribution in [3.63, 3.8) is 0 Å². The molecule has 1 heterocycles. The van der Waals surface area contributed by atoms with Crippen molar-refractivity contribution in [3.8, 4) is 0 Å². The van der Waals surface area contributed by atoms with E-state index in [1.54, 1.807) is 0 Å². The first kappa shape index (κ1) is 17.9. The lowest BCUT2D eigenvalue weighted by Gasteiger charge is -2.20. The second-order valence-corrected chi connectivity index (χ2v) is 4.37. The van der Waals surface area contributed by atoms with Crippen molar-refractivity contribution in [3.05, 3.63) is 41.6 Å². The van der Waals surface area contributed by atoms with Gasteiger partial charge < -0.3 is 19.3 Å². The lowest BCUT2D eigenvalue weighted by molar-refractivity contribution is -0.288. The number of nitrogens with zero attached hydrogens (tertiary/aromatic N) is 2. The third-order valence-electron chi connectivity index (χ3n) is 2.91. The van der Waals surface area contributed by atoms with Crippen LogP contribution in [-0.2, 0) is 19.2 Å². The fourth-order valence-electron chi connectivity index (χ4n) is 1.78. The molecular formula is C13H11F5N2O4. The van der Waals surface area contributed by atoms with Gasteiger partial charge in [0.1, 0.15) is 5.69 Å². The van der Waals surface area contributed by atoms with Crippen molar-refractivity contribution in [1.82, 2.24) is 5.23 Å². The fourth-order valence-corrected chi connectivity index (χ4v) is 1.78. The van der Waals surface area contributed by atoms with Gasteiger partial charge in [0.2, 0.25) is 12.2 Å². The predicted octanol–water partition coefficient (Wildman–Crippen LogP) is 2.01. The van der Waals surface area contributed by atoms with Crippen LogP contribution in [0.4, 0.5) is 27.6 Å². The molecule has 0 saturated heterocycles. The number of ether oxygens (including phenoxy) is 1. The zero-order valence-corrected chi connectivity index (χ0v) is 12.0. The Morgan fingerprint density at radius 1 is 0.958 bits per heavy atom. The van der Waals surface area contributed by atoms with Crippen LogP contribution >= 0.6 is 0 Å². The van der Waals surface area contributed by atoms with Crippen LogP contribution in [0.5, 0.6) is 0 Å². The molecule has 1 aromatic rings. The third-order valence-corrected chi connectivity index (χ3v) is 2.91. The predicted molar refractivity (Wildman–Crippen MR) is 68.5 cm³/mol. The summed E-state index contributed by atoms with van der Waals surface area (Å²) in [6.07, 6.45) is 2.49. The quantitative estimate of drug-likeness (QED) is 0.235. The third kappa shape index (κ3) is 3.74. The molecular weight excluding hydrogens is 343 g/mol. The molecule has 1 aliphatic rings. The van der Waals surface area contributed by atoms with Gasteiger partial charge in [-0.25, -0.2) is 22.0 Å². The number of carbonyl (C=O) groups is 1. The van der Waals surface area contributed by atoms with Gasteiger partial charge in [0.05, 0.1) is 19.8 Å². The molecule has 132 valence electrons. The number of hydrogen-bond acceptors (Lipinski definition) is 5. The van der Waals surface area contributed by atoms with Gasteiger partial charge in [-0.1, -0.05) is 0 Å². The Morgan fingerprint density at radius 2 is 1.50 bits per heavy atom. The first-order valence-electron chi connectivity index (χ1n) is 6.54. The summed E-state index contributed by atoms with van der Waals surface area (Å²) in [6.45, 7) is -0.413. The molecule has 6 nitrogen and oxygen atoms in total. The highest BCUT2D eigenvalue weighted by Crippen LogP contribution is 2.29. The molecule has 2 rings (SSSR count). The number of hydrogen-bond donors (Lipinski definition) is 0. The van der Waals surface area contributed by atoms with E-state index in [0.29, 0.717) is 4.90 Å². The Bertz CT molecular complexity index is 606. The molecule has 0 aromatic heterocycles. The normalized spacial score (nSPS) is 13.7. The van der Waals surface area contributed by atoms with Crippen LogP contribution < -0.4 is 4.90 Å². The lowest BCUT2D eigenvalue weighted by Crippen LogP contribution is -2.30. The SMILES string of the molecule is O=CN(CCOCCN1OC=CO1)c1c(F)c(F)c(F)c(F)c1F. The number of benzene rings is 1. The highest BCUT2D eigenvalue weighted by Gasteiger charge is 2.28. The van der Waals surface area contributed by atoms with E-state index in [2.05, 4.69) is 0 Å². The van der Waals surface area contributed by atoms with Gasteiger partial charge in [-0.3, -0.25) is 4.79 Å². The maximum Gasteiger partial charge on any atom is 0.214 e. The molecule has 0 unspecified atom stereocenters. The molecule has 1 aromatic carbocycles. The second kappa shape index (κ2) is 7.93. The number of amides is 1. The monoisotopic (exact) mass is 354 g/mol. The van der Waals surface area contributed by atoms with Crippen LogP contribution in [-0.4, -0.2) is 37.9 Å². The molecule has 0 saturated carbocycles. The maximum absolute atomic E-state index is 13.6. The Balaban J connectivity index is 1.95. The summed E-state index contributed by atoms with van der Waals surface area (Å²) in [5.74, 6) is -10.7. The van der Waals surface area contributed by atoms with Crippen molar-refractivity contribution in [2.75, 3.05) is 31.2 Å². The molecule has 0 spiro atoms. The maximum atomic E-state index is 13.6. The smallest absolute Gasteiger partial charge is 0.214 e. The van der Waals surface area contributed by atoms with E-state index in [-0.39, 0.29) is 26.2 Å². The minimum atomic E-state index is -2.30. The highest BCUT2D eigenvalue weighted by atomic mass is 19.2. The van der Waals surface area contributed by atoms with E-state index >= 15 is 0 Å². The average molecular weight is 354 g/mol. The summed E-state index contributed by atoms with van der Waals surface area (Å²) >= 11 is 0. The second-order valence-electron chi connectivity index (χ2n) is 4.37. The molecule has 1 amide bonds. The van der Waals surface area contributed by atoms with Crippen LogP contribution in [0.1, 0.15) is 0 Å². The standard InChI is InChI=1S/C13H11F5N2O4/c14-8-9(15)11(17)13(12(18)10(8)16)19(7-21)1-3-22-4-2-20-23-5-6-24-20/h5-7H,1-4H2. The van der Waals surface area contributed by atoms with Crippen molar-refractivity contribution in [2.24, 2.45) is 0 Å². The molecule has 24 heavy (non-hydrogen) atoms. The topological polar surface area (TPSA) is 51.2 Å². The summed E-state index contributed by atoms with van der Waals surface area (Å²) in [4.78, 5) is 20.9. The van der Waals surface area contributed by atoms with Gasteiger partial charge in [-0.05, 0) is 0 Å². The van der Waals surface area contributed by atoms with Crippen molar-refractivity contribution in [2.45, 2.75) is 0 Å². The van der Waals surface area contributed by atoms with E-state index in [4.69, 9.17) is 14.4 Å². The Kier molecular flexibility index (Phi) is 5.93. The van der Waals surface area contributed by atoms with Gasteiger partial charge >= 0.3 is 0 Å². The molecule has 0 atom stereocenters. The van der Waals surface area contributed by atoms with Crippen molar-refractivity contribution >= 4 is 12.1 Å². The first-order chi connectivity index (χ1) is 11.5. The average Bonchev–Trinajstić information content (AvgIpc) is 3.09. The van der Waals surface area contributed by atoms with E-state index < -0.39 is 41.3 Å². The van der Waals surface area contributed by atoms with E-state index in [1.165, 1.54) is 12.5 Å². The van der Waals surface area contributed by atoms with Crippen LogP contribution in [0.2, 0.25) is 0 Å². The molecule has 0 bridgehead atoms. The summed E-state index contributed by atoms with van der Waals surface area (Å²) in [7, 11) is 0. The van der Waals surface area contributed by atoms with Gasteiger partial charge in [0.15, 0.2) is 35.8 Å². The number of hydroxylamine groups is 2. The Labute approximate surface area is 132 Å². The minimum Gasteiger partial charge on any atom is -0.378 e. The molecule has 1 aliphatic heterocycles. The van der Waals surface area contributed by atoms with Crippen LogP contribution in [0.3, 0.4) is 0 Å². The largest absolute Gasteiger partial charge is 0.378 e. The molecule has 0 N–H and O–H groups in total. The van der Waals surface area contributed by atoms with Gasteiger partial charge in [-0.15, -0.1) is 0 Å². The molecule has 11 heteroatoms. The zero-order chi connectivity index (χ0) is 17.7. The van der Waals surface area contributed by atoms with Crippen molar-refractivity contribution in [1.29, 1.82) is 0 Å². The molecule has 0 fully saturated rings. The number of anilines is 1. The number of halogens is 5. The van der Waals surface area contributed by atoms with E-state index in [0.717, 1.165) is 5.23 Å². The minimum absolute atomic E-state index is 0.0573. The summed E-state index contributed by atoms with van der Waals surface area (Å²) < 4.78 is 71.6. The zero-order valence-electron chi connectivity index (χ0n) is 12.0. The van der Waals surface area contributed by atoms with Crippen LogP contribution in [0, 0.1) is 29.1 Å². The Hall–Kier alpha value is -2.40. The van der Waals surface area contributed by atoms with Gasteiger partial charge in [0.25, 0.3) is 0 Å². The lowest BCUT2D eigenvalue weighted by atomic mass is 10.2. The van der Waals surface area contributed by atoms with Crippen molar-refractivity contribution < 1.29 is 41.2 Å². The summed E-state index contributed by atoms with van der Waals surface area (Å²) in [6, 6.07) is 0. The van der Waals surface area contributed by atoms with E-state index in [9.17, 15) is 26.7 Å². The summed E-state index contributed by atoms with van der Waals surface area (Å²) in [5, 5.41) is 1.07. The highest BCUT2D eigenvalue weighted by molar-refractivity contribution is 5.75. The molecule has 0 radical (unpaired) electrons. The van der Waals surface area contributed by atoms with E-state index in [1.807, 2.05) is 0 Å². The fraction of sp³-hybridized carbons (Fsp3) is 0.308. The summed E-state index contributed by atoms with van der Waals surface area (Å²) in [5.41, 5.74) is -1.33.